The molecule has 0 spiro atoms. The highest BCUT2D eigenvalue weighted by molar-refractivity contribution is 7.27. The van der Waals surface area contributed by atoms with Gasteiger partial charge >= 0.3 is 0 Å². The molecule has 0 saturated heterocycles. The Morgan fingerprint density at radius 3 is 1.59 bits per heavy atom. The van der Waals surface area contributed by atoms with E-state index < -0.39 is 5.91 Å². The van der Waals surface area contributed by atoms with E-state index >= 15 is 0 Å². The molecule has 5 aromatic heterocycles. The summed E-state index contributed by atoms with van der Waals surface area (Å²) >= 11 is 5.14. The molecule has 8 heteroatoms. The van der Waals surface area contributed by atoms with E-state index in [0.717, 1.165) is 21.2 Å². The van der Waals surface area contributed by atoms with Gasteiger partial charge in [0.15, 0.2) is 0 Å². The van der Waals surface area contributed by atoms with E-state index in [1.165, 1.54) is 145 Å². The van der Waals surface area contributed by atoms with Crippen LogP contribution < -0.4 is 5.73 Å². The quantitative estimate of drug-likeness (QED) is 0.0561. The molecule has 0 aliphatic carbocycles. The molecular formula is C60H64N4OS3. The van der Waals surface area contributed by atoms with Gasteiger partial charge in [0.05, 0.1) is 11.0 Å². The fourth-order valence-corrected chi connectivity index (χ4v) is 12.8. The average molecular weight is 953 g/mol. The van der Waals surface area contributed by atoms with Gasteiger partial charge in [-0.1, -0.05) is 124 Å². The Bertz CT molecular complexity index is 3290. The topological polar surface area (TPSA) is 76.7 Å². The van der Waals surface area contributed by atoms with Crippen LogP contribution in [0.25, 0.3) is 85.3 Å². The van der Waals surface area contributed by atoms with Crippen LogP contribution in [0.5, 0.6) is 0 Å². The van der Waals surface area contributed by atoms with Gasteiger partial charge in [-0.05, 0) is 131 Å². The number of primary amides is 1. The minimum Gasteiger partial charge on any atom is -0.365 e. The summed E-state index contributed by atoms with van der Waals surface area (Å²) in [6.07, 6.45) is 14.8. The lowest BCUT2D eigenvalue weighted by atomic mass is 9.85. The van der Waals surface area contributed by atoms with Crippen molar-refractivity contribution >= 4 is 89.6 Å². The molecule has 0 radical (unpaired) electrons. The van der Waals surface area contributed by atoms with E-state index in [-0.39, 0.29) is 16.4 Å². The first kappa shape index (κ1) is 47.4. The first-order valence-corrected chi connectivity index (χ1v) is 27.0. The monoisotopic (exact) mass is 952 g/mol. The second-order valence-electron chi connectivity index (χ2n) is 20.6. The molecule has 2 N–H and O–H groups in total. The maximum absolute atomic E-state index is 11.6. The number of hydrogen-bond donors (Lipinski definition) is 1. The number of nitriles is 1. The lowest BCUT2D eigenvalue weighted by molar-refractivity contribution is -0.114. The first-order valence-electron chi connectivity index (χ1n) is 24.6. The van der Waals surface area contributed by atoms with Gasteiger partial charge in [0.1, 0.15) is 11.6 Å². The molecule has 5 nitrogen and oxygen atoms in total. The van der Waals surface area contributed by atoms with Crippen molar-refractivity contribution in [2.45, 2.75) is 130 Å². The summed E-state index contributed by atoms with van der Waals surface area (Å²) in [6, 6.07) is 43.3. The SMILES string of the molecule is CCCCCCCCCCCCn1c2ccc(-c3ccc(-c4ccc(-c5ccc(/C=C(\C#N)C(N)=O)s5)s4)s3)cc2c2cc(-n3c4ccc(C(C)(C)C)cc4c4cc(C(C)(C)C)ccc43)ccc21. The van der Waals surface area contributed by atoms with E-state index in [1.54, 1.807) is 28.7 Å². The van der Waals surface area contributed by atoms with Gasteiger partial charge < -0.3 is 14.9 Å². The minimum absolute atomic E-state index is 0.0405. The fraction of sp³-hybridized carbons (Fsp3) is 0.333. The second kappa shape index (κ2) is 19.7. The lowest BCUT2D eigenvalue weighted by Gasteiger charge is -2.19. The van der Waals surface area contributed by atoms with Gasteiger partial charge in [-0.2, -0.15) is 5.26 Å². The summed E-state index contributed by atoms with van der Waals surface area (Å²) in [6.45, 7) is 17.1. The van der Waals surface area contributed by atoms with E-state index in [4.69, 9.17) is 5.73 Å². The molecule has 0 aliphatic rings. The molecule has 68 heavy (non-hydrogen) atoms. The fourth-order valence-electron chi connectivity index (χ4n) is 9.71. The minimum atomic E-state index is -0.711. The third-order valence-corrected chi connectivity index (χ3v) is 17.3. The van der Waals surface area contributed by atoms with E-state index in [1.807, 2.05) is 29.5 Å². The van der Waals surface area contributed by atoms with Crippen LogP contribution in [0, 0.1) is 11.3 Å². The van der Waals surface area contributed by atoms with Gasteiger partial charge in [0, 0.05) is 74.1 Å². The van der Waals surface area contributed by atoms with Gasteiger partial charge in [0.2, 0.25) is 0 Å². The molecule has 0 unspecified atom stereocenters. The highest BCUT2D eigenvalue weighted by Crippen LogP contribution is 2.44. The predicted molar refractivity (Wildman–Crippen MR) is 296 cm³/mol. The number of fused-ring (bicyclic) bond motifs is 6. The number of amides is 1. The average Bonchev–Trinajstić information content (AvgIpc) is 4.17. The van der Waals surface area contributed by atoms with Crippen molar-refractivity contribution in [1.82, 2.24) is 9.13 Å². The number of rotatable bonds is 17. The number of aromatic nitrogens is 2. The van der Waals surface area contributed by atoms with E-state index in [0.29, 0.717) is 0 Å². The zero-order valence-electron chi connectivity index (χ0n) is 40.8. The second-order valence-corrected chi connectivity index (χ2v) is 23.9. The lowest BCUT2D eigenvalue weighted by Crippen LogP contribution is -2.12. The van der Waals surface area contributed by atoms with Crippen LogP contribution in [-0.2, 0) is 22.2 Å². The summed E-state index contributed by atoms with van der Waals surface area (Å²) in [4.78, 5) is 18.4. The van der Waals surface area contributed by atoms with Crippen LogP contribution in [0.2, 0.25) is 0 Å². The predicted octanol–water partition coefficient (Wildman–Crippen LogP) is 18.0. The normalized spacial score (nSPS) is 12.6. The van der Waals surface area contributed by atoms with Crippen molar-refractivity contribution in [2.75, 3.05) is 0 Å². The first-order chi connectivity index (χ1) is 32.7. The van der Waals surface area contributed by atoms with E-state index in [9.17, 15) is 10.1 Å². The number of thiophene rings is 3. The molecule has 5 heterocycles. The molecule has 0 atom stereocenters. The van der Waals surface area contributed by atoms with Gasteiger partial charge in [-0.15, -0.1) is 34.0 Å². The maximum Gasteiger partial charge on any atom is 0.259 e. The zero-order chi connectivity index (χ0) is 47.7. The van der Waals surface area contributed by atoms with Crippen LogP contribution in [0.1, 0.15) is 129 Å². The molecule has 348 valence electrons. The molecule has 0 fully saturated rings. The van der Waals surface area contributed by atoms with Crippen LogP contribution in [0.3, 0.4) is 0 Å². The van der Waals surface area contributed by atoms with Gasteiger partial charge in [0.25, 0.3) is 5.91 Å². The van der Waals surface area contributed by atoms with Crippen molar-refractivity contribution in [3.8, 4) is 41.7 Å². The molecule has 0 saturated carbocycles. The Morgan fingerprint density at radius 1 is 0.559 bits per heavy atom. The smallest absolute Gasteiger partial charge is 0.259 e. The highest BCUT2D eigenvalue weighted by atomic mass is 32.1. The van der Waals surface area contributed by atoms with Crippen molar-refractivity contribution in [3.05, 3.63) is 131 Å². The van der Waals surface area contributed by atoms with Crippen molar-refractivity contribution in [1.29, 1.82) is 5.26 Å². The Hall–Kier alpha value is -5.72. The number of nitrogens with zero attached hydrogens (tertiary/aromatic N) is 3. The Morgan fingerprint density at radius 2 is 1.03 bits per heavy atom. The molecule has 4 aromatic carbocycles. The van der Waals surface area contributed by atoms with Crippen LogP contribution in [0.4, 0.5) is 0 Å². The van der Waals surface area contributed by atoms with Gasteiger partial charge in [-0.25, -0.2) is 0 Å². The van der Waals surface area contributed by atoms with Crippen LogP contribution in [-0.4, -0.2) is 15.0 Å². The van der Waals surface area contributed by atoms with Gasteiger partial charge in [-0.3, -0.25) is 4.79 Å². The van der Waals surface area contributed by atoms with Crippen molar-refractivity contribution in [3.63, 3.8) is 0 Å². The Labute approximate surface area is 414 Å². The largest absolute Gasteiger partial charge is 0.365 e. The number of unbranched alkanes of at least 4 members (excludes halogenated alkanes) is 9. The van der Waals surface area contributed by atoms with Crippen LogP contribution >= 0.6 is 34.0 Å². The Balaban J connectivity index is 1.08. The number of hydrogen-bond acceptors (Lipinski definition) is 5. The third-order valence-electron chi connectivity index (χ3n) is 13.6. The molecular weight excluding hydrogens is 889 g/mol. The molecule has 0 bridgehead atoms. The summed E-state index contributed by atoms with van der Waals surface area (Å²) in [5.41, 5.74) is 15.6. The van der Waals surface area contributed by atoms with Crippen molar-refractivity contribution in [2.24, 2.45) is 5.73 Å². The number of benzene rings is 4. The summed E-state index contributed by atoms with van der Waals surface area (Å²) in [7, 11) is 0. The zero-order valence-corrected chi connectivity index (χ0v) is 43.2. The maximum atomic E-state index is 11.6. The van der Waals surface area contributed by atoms with E-state index in [2.05, 4.69) is 155 Å². The van der Waals surface area contributed by atoms with Crippen LogP contribution in [0.15, 0.2) is 115 Å². The highest BCUT2D eigenvalue weighted by Gasteiger charge is 2.22. The summed E-state index contributed by atoms with van der Waals surface area (Å²) < 4.78 is 5.09. The molecule has 9 rings (SSSR count). The summed E-state index contributed by atoms with van der Waals surface area (Å²) in [5.74, 6) is -0.711. The molecule has 9 aromatic rings. The third kappa shape index (κ3) is 9.77. The number of aryl methyl sites for hydroxylation is 1. The summed E-state index contributed by atoms with van der Waals surface area (Å²) in [5, 5.41) is 14.5. The molecule has 0 aliphatic heterocycles. The van der Waals surface area contributed by atoms with Crippen molar-refractivity contribution < 1.29 is 4.79 Å². The standard InChI is InChI=1S/C60H64N4OS3/c1-8-9-10-11-12-13-14-15-16-17-32-63-49-23-18-39(53-28-29-56(67-53)57-31-30-55(68-57)54-27-22-44(66-54)33-40(38-61)58(62)65)34-45(49)48-37-43(21-26-50(48)63)64-51-24-19-41(59(2,3)4)35-46(51)47-36-42(60(5,6)7)20-25-52(47)64/h18-31,33-37H,8-17,32H2,1-7H3,(H2,62,65)/b40-33+. The number of carbonyl (C=O) groups excluding carboxylic acids is 1. The number of nitrogens with two attached hydrogens (primary N) is 1. The molecule has 1 amide bonds. The number of carbonyl (C=O) groups is 1. The Kier molecular flexibility index (Phi) is 13.7.